The Balaban J connectivity index is 2.04. The molecular formula is C15H23NS. The Bertz CT molecular complexity index is 378. The van der Waals surface area contributed by atoms with Gasteiger partial charge in [-0.15, -0.1) is 11.3 Å². The number of rotatable bonds is 5. The number of allylic oxidation sites excluding steroid dienone is 1. The molecule has 2 rings (SSSR count). The quantitative estimate of drug-likeness (QED) is 0.752. The third-order valence-corrected chi connectivity index (χ3v) is 4.33. The lowest BCUT2D eigenvalue weighted by atomic mass is 9.92. The maximum Gasteiger partial charge on any atom is 0.0365 e. The molecule has 1 N–H and O–H groups in total. The second kappa shape index (κ2) is 6.36. The topological polar surface area (TPSA) is 12.0 Å². The minimum absolute atomic E-state index is 0.522. The Hall–Kier alpha value is -0.600. The van der Waals surface area contributed by atoms with E-state index in [9.17, 15) is 0 Å². The average Bonchev–Trinajstić information content (AvgIpc) is 2.77. The SMILES string of the molecule is CCNC(CC1=CCCCC1)c1csc(C)c1. The molecule has 1 atom stereocenters. The molecular weight excluding hydrogens is 226 g/mol. The second-order valence-electron chi connectivity index (χ2n) is 4.91. The monoisotopic (exact) mass is 249 g/mol. The maximum atomic E-state index is 3.63. The van der Waals surface area contributed by atoms with E-state index in [0.29, 0.717) is 6.04 Å². The first kappa shape index (κ1) is 12.8. The van der Waals surface area contributed by atoms with Gasteiger partial charge in [-0.3, -0.25) is 0 Å². The first-order valence-electron chi connectivity index (χ1n) is 6.76. The first-order valence-corrected chi connectivity index (χ1v) is 7.64. The van der Waals surface area contributed by atoms with Crippen LogP contribution >= 0.6 is 11.3 Å². The lowest BCUT2D eigenvalue weighted by Crippen LogP contribution is -2.21. The minimum Gasteiger partial charge on any atom is -0.310 e. The number of thiophene rings is 1. The fourth-order valence-electron chi connectivity index (χ4n) is 2.55. The molecule has 0 aliphatic heterocycles. The van der Waals surface area contributed by atoms with Gasteiger partial charge >= 0.3 is 0 Å². The lowest BCUT2D eigenvalue weighted by Gasteiger charge is -2.21. The number of nitrogens with one attached hydrogen (secondary N) is 1. The van der Waals surface area contributed by atoms with Gasteiger partial charge in [0.15, 0.2) is 0 Å². The molecule has 1 aromatic rings. The van der Waals surface area contributed by atoms with Crippen LogP contribution in [0.2, 0.25) is 0 Å². The highest BCUT2D eigenvalue weighted by molar-refractivity contribution is 7.10. The van der Waals surface area contributed by atoms with Crippen molar-refractivity contribution in [2.75, 3.05) is 6.54 Å². The Morgan fingerprint density at radius 1 is 1.41 bits per heavy atom. The standard InChI is InChI=1S/C15H23NS/c1-3-16-15(14-9-12(2)17-11-14)10-13-7-5-4-6-8-13/h7,9,11,15-16H,3-6,8,10H2,1-2H3. The van der Waals surface area contributed by atoms with Gasteiger partial charge in [0.2, 0.25) is 0 Å². The van der Waals surface area contributed by atoms with E-state index in [2.05, 4.69) is 36.7 Å². The summed E-state index contributed by atoms with van der Waals surface area (Å²) in [5.74, 6) is 0. The summed E-state index contributed by atoms with van der Waals surface area (Å²) in [6.45, 7) is 5.44. The van der Waals surface area contributed by atoms with Crippen LogP contribution in [-0.2, 0) is 0 Å². The van der Waals surface area contributed by atoms with Crippen molar-refractivity contribution in [2.24, 2.45) is 0 Å². The number of aryl methyl sites for hydroxylation is 1. The maximum absolute atomic E-state index is 3.63. The molecule has 0 fully saturated rings. The van der Waals surface area contributed by atoms with Gasteiger partial charge in [-0.25, -0.2) is 0 Å². The van der Waals surface area contributed by atoms with Crippen molar-refractivity contribution in [2.45, 2.75) is 52.0 Å². The van der Waals surface area contributed by atoms with Crippen molar-refractivity contribution in [3.63, 3.8) is 0 Å². The van der Waals surface area contributed by atoms with Crippen LogP contribution in [0, 0.1) is 6.92 Å². The number of hydrogen-bond donors (Lipinski definition) is 1. The number of hydrogen-bond acceptors (Lipinski definition) is 2. The van der Waals surface area contributed by atoms with E-state index in [-0.39, 0.29) is 0 Å². The molecule has 1 aliphatic carbocycles. The van der Waals surface area contributed by atoms with E-state index >= 15 is 0 Å². The highest BCUT2D eigenvalue weighted by Gasteiger charge is 2.14. The summed E-state index contributed by atoms with van der Waals surface area (Å²) in [4.78, 5) is 1.42. The van der Waals surface area contributed by atoms with Crippen LogP contribution < -0.4 is 5.32 Å². The van der Waals surface area contributed by atoms with E-state index < -0.39 is 0 Å². The molecule has 1 unspecified atom stereocenters. The summed E-state index contributed by atoms with van der Waals surface area (Å²) in [5.41, 5.74) is 3.13. The molecule has 0 spiro atoms. The summed E-state index contributed by atoms with van der Waals surface area (Å²) in [6, 6.07) is 2.86. The van der Waals surface area contributed by atoms with E-state index in [1.807, 2.05) is 11.3 Å². The van der Waals surface area contributed by atoms with E-state index in [4.69, 9.17) is 0 Å². The molecule has 0 radical (unpaired) electrons. The molecule has 0 aromatic carbocycles. The first-order chi connectivity index (χ1) is 8.29. The molecule has 0 bridgehead atoms. The molecule has 0 saturated heterocycles. The smallest absolute Gasteiger partial charge is 0.0365 e. The van der Waals surface area contributed by atoms with E-state index in [0.717, 1.165) is 6.54 Å². The third kappa shape index (κ3) is 3.68. The highest BCUT2D eigenvalue weighted by Crippen LogP contribution is 2.29. The minimum atomic E-state index is 0.522. The molecule has 0 saturated carbocycles. The molecule has 2 heteroatoms. The summed E-state index contributed by atoms with van der Waals surface area (Å²) in [6.07, 6.45) is 9.03. The van der Waals surface area contributed by atoms with Crippen LogP contribution in [0.25, 0.3) is 0 Å². The predicted molar refractivity (Wildman–Crippen MR) is 76.6 cm³/mol. The van der Waals surface area contributed by atoms with Crippen molar-refractivity contribution >= 4 is 11.3 Å². The van der Waals surface area contributed by atoms with Gasteiger partial charge in [0, 0.05) is 10.9 Å². The normalized spacial score (nSPS) is 17.9. The predicted octanol–water partition coefficient (Wildman–Crippen LogP) is 4.60. The average molecular weight is 249 g/mol. The Labute approximate surface area is 109 Å². The lowest BCUT2D eigenvalue weighted by molar-refractivity contribution is 0.529. The van der Waals surface area contributed by atoms with E-state index in [1.54, 1.807) is 5.57 Å². The Morgan fingerprint density at radius 2 is 2.29 bits per heavy atom. The fourth-order valence-corrected chi connectivity index (χ4v) is 3.31. The van der Waals surface area contributed by atoms with Gasteiger partial charge in [-0.2, -0.15) is 0 Å². The second-order valence-corrected chi connectivity index (χ2v) is 6.03. The molecule has 1 aromatic heterocycles. The van der Waals surface area contributed by atoms with Gasteiger partial charge < -0.3 is 5.32 Å². The Kier molecular flexibility index (Phi) is 4.81. The van der Waals surface area contributed by atoms with Crippen LogP contribution in [-0.4, -0.2) is 6.54 Å². The zero-order chi connectivity index (χ0) is 12.1. The zero-order valence-corrected chi connectivity index (χ0v) is 11.8. The van der Waals surface area contributed by atoms with Gasteiger partial charge in [-0.05, 0) is 62.6 Å². The zero-order valence-electron chi connectivity index (χ0n) is 11.0. The van der Waals surface area contributed by atoms with Gasteiger partial charge in [-0.1, -0.05) is 18.6 Å². The summed E-state index contributed by atoms with van der Waals surface area (Å²) >= 11 is 1.86. The van der Waals surface area contributed by atoms with Gasteiger partial charge in [0.25, 0.3) is 0 Å². The molecule has 17 heavy (non-hydrogen) atoms. The molecule has 94 valence electrons. The van der Waals surface area contributed by atoms with Crippen molar-refractivity contribution < 1.29 is 0 Å². The van der Waals surface area contributed by atoms with Crippen LogP contribution in [0.5, 0.6) is 0 Å². The summed E-state index contributed by atoms with van der Waals surface area (Å²) in [7, 11) is 0. The largest absolute Gasteiger partial charge is 0.310 e. The van der Waals surface area contributed by atoms with Crippen LogP contribution in [0.3, 0.4) is 0 Å². The van der Waals surface area contributed by atoms with Crippen molar-refractivity contribution in [3.8, 4) is 0 Å². The van der Waals surface area contributed by atoms with Crippen LogP contribution in [0.4, 0.5) is 0 Å². The van der Waals surface area contributed by atoms with E-state index in [1.165, 1.54) is 42.5 Å². The van der Waals surface area contributed by atoms with Crippen LogP contribution in [0.1, 0.15) is 55.5 Å². The Morgan fingerprint density at radius 3 is 2.88 bits per heavy atom. The van der Waals surface area contributed by atoms with Crippen molar-refractivity contribution in [1.82, 2.24) is 5.32 Å². The summed E-state index contributed by atoms with van der Waals surface area (Å²) < 4.78 is 0. The molecule has 1 nitrogen and oxygen atoms in total. The third-order valence-electron chi connectivity index (χ3n) is 3.46. The van der Waals surface area contributed by atoms with Gasteiger partial charge in [0.05, 0.1) is 0 Å². The highest BCUT2D eigenvalue weighted by atomic mass is 32.1. The summed E-state index contributed by atoms with van der Waals surface area (Å²) in [5, 5.41) is 5.94. The molecule has 1 heterocycles. The van der Waals surface area contributed by atoms with Crippen molar-refractivity contribution in [1.29, 1.82) is 0 Å². The fraction of sp³-hybridized carbons (Fsp3) is 0.600. The van der Waals surface area contributed by atoms with Gasteiger partial charge in [0.1, 0.15) is 0 Å². The van der Waals surface area contributed by atoms with Crippen LogP contribution in [0.15, 0.2) is 23.1 Å². The molecule has 1 aliphatic rings. The van der Waals surface area contributed by atoms with Crippen molar-refractivity contribution in [3.05, 3.63) is 33.5 Å². The molecule has 0 amide bonds.